The molecule has 2 N–H and O–H groups in total. The number of aryl methyl sites for hydroxylation is 1. The quantitative estimate of drug-likeness (QED) is 0.834. The summed E-state index contributed by atoms with van der Waals surface area (Å²) in [7, 11) is -3.58. The van der Waals surface area contributed by atoms with Crippen molar-refractivity contribution in [3.63, 3.8) is 0 Å². The fourth-order valence-electron chi connectivity index (χ4n) is 2.60. The van der Waals surface area contributed by atoms with Crippen molar-refractivity contribution in [2.75, 3.05) is 0 Å². The minimum absolute atomic E-state index is 0.0293. The second-order valence-corrected chi connectivity index (χ2v) is 8.19. The zero-order chi connectivity index (χ0) is 18.0. The van der Waals surface area contributed by atoms with Crippen LogP contribution in [0.15, 0.2) is 53.4 Å². The van der Waals surface area contributed by atoms with Gasteiger partial charge in [0.25, 0.3) is 5.91 Å². The molecule has 3 rings (SSSR count). The standard InChI is InChI=1S/C19H22N2O3S/c1-13-8-11-17(25(23,24)21-16-9-10-16)12-18(13)19(22)20-14(2)15-6-4-3-5-7-15/h3-8,11-12,14,16,21H,9-10H2,1-2H3,(H,20,22). The summed E-state index contributed by atoms with van der Waals surface area (Å²) in [6.07, 6.45) is 1.74. The van der Waals surface area contributed by atoms with E-state index in [-0.39, 0.29) is 22.9 Å². The zero-order valence-corrected chi connectivity index (χ0v) is 15.1. The van der Waals surface area contributed by atoms with Gasteiger partial charge in [-0.1, -0.05) is 36.4 Å². The van der Waals surface area contributed by atoms with Crippen LogP contribution in [0.2, 0.25) is 0 Å². The Bertz CT molecular complexity index is 875. The van der Waals surface area contributed by atoms with Crippen LogP contribution in [0.3, 0.4) is 0 Å². The predicted molar refractivity (Wildman–Crippen MR) is 96.8 cm³/mol. The summed E-state index contributed by atoms with van der Waals surface area (Å²) >= 11 is 0. The van der Waals surface area contributed by atoms with Gasteiger partial charge < -0.3 is 5.32 Å². The average molecular weight is 358 g/mol. The Balaban J connectivity index is 1.81. The highest BCUT2D eigenvalue weighted by Crippen LogP contribution is 2.23. The van der Waals surface area contributed by atoms with Crippen molar-refractivity contribution in [3.8, 4) is 0 Å². The monoisotopic (exact) mass is 358 g/mol. The van der Waals surface area contributed by atoms with Crippen LogP contribution in [0.4, 0.5) is 0 Å². The van der Waals surface area contributed by atoms with E-state index in [1.54, 1.807) is 13.0 Å². The first-order valence-electron chi connectivity index (χ1n) is 8.35. The van der Waals surface area contributed by atoms with Gasteiger partial charge in [0.05, 0.1) is 10.9 Å². The molecular weight excluding hydrogens is 336 g/mol. The van der Waals surface area contributed by atoms with E-state index in [4.69, 9.17) is 0 Å². The fourth-order valence-corrected chi connectivity index (χ4v) is 3.93. The number of amides is 1. The molecule has 1 amide bonds. The first kappa shape index (κ1) is 17.6. The normalized spacial score (nSPS) is 15.6. The summed E-state index contributed by atoms with van der Waals surface area (Å²) in [5, 5.41) is 2.93. The smallest absolute Gasteiger partial charge is 0.252 e. The van der Waals surface area contributed by atoms with E-state index >= 15 is 0 Å². The van der Waals surface area contributed by atoms with Gasteiger partial charge in [0.1, 0.15) is 0 Å². The van der Waals surface area contributed by atoms with Crippen molar-refractivity contribution in [3.05, 3.63) is 65.2 Å². The number of hydrogen-bond acceptors (Lipinski definition) is 3. The molecule has 1 unspecified atom stereocenters. The number of sulfonamides is 1. The zero-order valence-electron chi connectivity index (χ0n) is 14.3. The van der Waals surface area contributed by atoms with Gasteiger partial charge in [-0.25, -0.2) is 13.1 Å². The number of nitrogens with one attached hydrogen (secondary N) is 2. The van der Waals surface area contributed by atoms with Crippen LogP contribution in [-0.2, 0) is 10.0 Å². The lowest BCUT2D eigenvalue weighted by Crippen LogP contribution is -2.29. The molecule has 1 fully saturated rings. The highest BCUT2D eigenvalue weighted by atomic mass is 32.2. The molecule has 2 aromatic carbocycles. The predicted octanol–water partition coefficient (Wildman–Crippen LogP) is 2.93. The summed E-state index contributed by atoms with van der Waals surface area (Å²) in [6, 6.07) is 14.2. The molecule has 1 aliphatic rings. The van der Waals surface area contributed by atoms with Crippen molar-refractivity contribution < 1.29 is 13.2 Å². The highest BCUT2D eigenvalue weighted by Gasteiger charge is 2.28. The van der Waals surface area contributed by atoms with E-state index < -0.39 is 10.0 Å². The Morgan fingerprint density at radius 2 is 1.80 bits per heavy atom. The summed E-state index contributed by atoms with van der Waals surface area (Å²) in [5.41, 5.74) is 2.11. The van der Waals surface area contributed by atoms with Crippen LogP contribution in [0.25, 0.3) is 0 Å². The van der Waals surface area contributed by atoms with Crippen molar-refractivity contribution in [2.24, 2.45) is 0 Å². The number of hydrogen-bond donors (Lipinski definition) is 2. The molecule has 0 bridgehead atoms. The molecule has 0 spiro atoms. The van der Waals surface area contributed by atoms with E-state index in [1.165, 1.54) is 12.1 Å². The molecule has 132 valence electrons. The Kier molecular flexibility index (Phi) is 4.92. The topological polar surface area (TPSA) is 75.3 Å². The molecule has 0 radical (unpaired) electrons. The number of rotatable bonds is 6. The minimum Gasteiger partial charge on any atom is -0.346 e. The molecule has 6 heteroatoms. The Labute approximate surface area is 148 Å². The first-order valence-corrected chi connectivity index (χ1v) is 9.84. The lowest BCUT2D eigenvalue weighted by Gasteiger charge is -2.16. The SMILES string of the molecule is Cc1ccc(S(=O)(=O)NC2CC2)cc1C(=O)NC(C)c1ccccc1. The lowest BCUT2D eigenvalue weighted by molar-refractivity contribution is 0.0939. The molecule has 1 saturated carbocycles. The van der Waals surface area contributed by atoms with Gasteiger partial charge in [-0.15, -0.1) is 0 Å². The molecule has 25 heavy (non-hydrogen) atoms. The molecule has 1 aliphatic carbocycles. The number of benzene rings is 2. The van der Waals surface area contributed by atoms with E-state index in [0.29, 0.717) is 5.56 Å². The molecule has 1 atom stereocenters. The third kappa shape index (κ3) is 4.27. The van der Waals surface area contributed by atoms with Gasteiger partial charge in [0, 0.05) is 11.6 Å². The van der Waals surface area contributed by atoms with Crippen LogP contribution >= 0.6 is 0 Å². The van der Waals surface area contributed by atoms with Gasteiger partial charge in [0.2, 0.25) is 10.0 Å². The van der Waals surface area contributed by atoms with E-state index in [1.807, 2.05) is 37.3 Å². The van der Waals surface area contributed by atoms with Gasteiger partial charge in [-0.05, 0) is 49.9 Å². The Morgan fingerprint density at radius 1 is 1.12 bits per heavy atom. The minimum atomic E-state index is -3.58. The second kappa shape index (κ2) is 6.98. The van der Waals surface area contributed by atoms with Crippen LogP contribution in [-0.4, -0.2) is 20.4 Å². The summed E-state index contributed by atoms with van der Waals surface area (Å²) in [4.78, 5) is 12.8. The Hall–Kier alpha value is -2.18. The van der Waals surface area contributed by atoms with Crippen LogP contribution in [0.5, 0.6) is 0 Å². The second-order valence-electron chi connectivity index (χ2n) is 6.48. The molecule has 0 aromatic heterocycles. The summed E-state index contributed by atoms with van der Waals surface area (Å²) < 4.78 is 27.4. The molecular formula is C19H22N2O3S. The highest BCUT2D eigenvalue weighted by molar-refractivity contribution is 7.89. The van der Waals surface area contributed by atoms with Gasteiger partial charge in [-0.3, -0.25) is 4.79 Å². The molecule has 0 aliphatic heterocycles. The fraction of sp³-hybridized carbons (Fsp3) is 0.316. The summed E-state index contributed by atoms with van der Waals surface area (Å²) in [6.45, 7) is 3.70. The third-order valence-electron chi connectivity index (χ3n) is 4.31. The van der Waals surface area contributed by atoms with Crippen molar-refractivity contribution in [1.29, 1.82) is 0 Å². The van der Waals surface area contributed by atoms with Gasteiger partial charge in [0.15, 0.2) is 0 Å². The van der Waals surface area contributed by atoms with Crippen LogP contribution < -0.4 is 10.0 Å². The van der Waals surface area contributed by atoms with Crippen molar-refractivity contribution >= 4 is 15.9 Å². The molecule has 2 aromatic rings. The van der Waals surface area contributed by atoms with E-state index in [0.717, 1.165) is 24.0 Å². The van der Waals surface area contributed by atoms with E-state index in [9.17, 15) is 13.2 Å². The Morgan fingerprint density at radius 3 is 2.44 bits per heavy atom. The molecule has 0 heterocycles. The maximum Gasteiger partial charge on any atom is 0.252 e. The van der Waals surface area contributed by atoms with Crippen molar-refractivity contribution in [1.82, 2.24) is 10.0 Å². The third-order valence-corrected chi connectivity index (χ3v) is 5.83. The number of carbonyl (C=O) groups is 1. The molecule has 0 saturated heterocycles. The van der Waals surface area contributed by atoms with Gasteiger partial charge in [-0.2, -0.15) is 0 Å². The maximum atomic E-state index is 12.6. The van der Waals surface area contributed by atoms with Gasteiger partial charge >= 0.3 is 0 Å². The lowest BCUT2D eigenvalue weighted by atomic mass is 10.1. The number of carbonyl (C=O) groups excluding carboxylic acids is 1. The first-order chi connectivity index (χ1) is 11.9. The van der Waals surface area contributed by atoms with Crippen LogP contribution in [0.1, 0.15) is 47.3 Å². The summed E-state index contributed by atoms with van der Waals surface area (Å²) in [5.74, 6) is -0.280. The molecule has 5 nitrogen and oxygen atoms in total. The average Bonchev–Trinajstić information content (AvgIpc) is 3.39. The van der Waals surface area contributed by atoms with Crippen LogP contribution in [0, 0.1) is 6.92 Å². The van der Waals surface area contributed by atoms with Crippen molar-refractivity contribution in [2.45, 2.75) is 43.7 Å². The maximum absolute atomic E-state index is 12.6. The van der Waals surface area contributed by atoms with E-state index in [2.05, 4.69) is 10.0 Å². The largest absolute Gasteiger partial charge is 0.346 e.